The van der Waals surface area contributed by atoms with Crippen molar-refractivity contribution in [3.05, 3.63) is 19.8 Å². The number of carbonyl (C=O) groups is 1. The summed E-state index contributed by atoms with van der Waals surface area (Å²) in [6.45, 7) is 2.81. The number of carboxylic acids is 1. The van der Waals surface area contributed by atoms with Crippen molar-refractivity contribution in [2.45, 2.75) is 12.5 Å². The molecule has 0 radical (unpaired) electrons. The Hall–Kier alpha value is -0.140. The molecule has 0 saturated carbocycles. The molecule has 1 fully saturated rings. The van der Waals surface area contributed by atoms with E-state index in [2.05, 4.69) is 20.8 Å². The second kappa shape index (κ2) is 6.34. The summed E-state index contributed by atoms with van der Waals surface area (Å²) in [5.74, 6) is -0.799. The highest BCUT2D eigenvalue weighted by Gasteiger charge is 2.26. The van der Waals surface area contributed by atoms with E-state index in [9.17, 15) is 4.79 Å². The van der Waals surface area contributed by atoms with Crippen LogP contribution in [0.3, 0.4) is 0 Å². The second-order valence-electron chi connectivity index (χ2n) is 4.03. The van der Waals surface area contributed by atoms with Crippen LogP contribution < -0.4 is 0 Å². The molecule has 7 heteroatoms. The molecule has 4 nitrogen and oxygen atoms in total. The molecule has 100 valence electrons. The van der Waals surface area contributed by atoms with Gasteiger partial charge in [-0.1, -0.05) is 11.6 Å². The molecule has 1 N–H and O–H groups in total. The molecule has 0 aromatic carbocycles. The van der Waals surface area contributed by atoms with E-state index in [-0.39, 0.29) is 12.5 Å². The van der Waals surface area contributed by atoms with Crippen LogP contribution in [0.1, 0.15) is 17.3 Å². The molecule has 2 heterocycles. The van der Waals surface area contributed by atoms with Crippen LogP contribution in [0.5, 0.6) is 0 Å². The molecule has 18 heavy (non-hydrogen) atoms. The molecular weight excluding hydrogens is 342 g/mol. The molecule has 0 aliphatic carbocycles. The highest BCUT2D eigenvalue weighted by Crippen LogP contribution is 2.38. The van der Waals surface area contributed by atoms with Gasteiger partial charge in [-0.2, -0.15) is 0 Å². The van der Waals surface area contributed by atoms with Gasteiger partial charge in [-0.15, -0.1) is 11.3 Å². The van der Waals surface area contributed by atoms with Gasteiger partial charge in [0.25, 0.3) is 0 Å². The molecule has 1 saturated heterocycles. The highest BCUT2D eigenvalue weighted by molar-refractivity contribution is 9.10. The fraction of sp³-hybridized carbons (Fsp3) is 0.545. The molecule has 1 aliphatic rings. The van der Waals surface area contributed by atoms with Gasteiger partial charge < -0.3 is 9.84 Å². The van der Waals surface area contributed by atoms with E-state index in [4.69, 9.17) is 21.4 Å². The molecule has 1 unspecified atom stereocenters. The van der Waals surface area contributed by atoms with Gasteiger partial charge >= 0.3 is 5.97 Å². The Morgan fingerprint density at radius 2 is 2.28 bits per heavy atom. The molecule has 1 atom stereocenters. The number of aliphatic carboxylic acids is 1. The summed E-state index contributed by atoms with van der Waals surface area (Å²) in [6.07, 6.45) is 0.0866. The first kappa shape index (κ1) is 14.3. The summed E-state index contributed by atoms with van der Waals surface area (Å²) in [5.41, 5.74) is 0. The number of thiophene rings is 1. The minimum absolute atomic E-state index is 0.0866. The lowest BCUT2D eigenvalue weighted by Crippen LogP contribution is -2.39. The first-order valence-electron chi connectivity index (χ1n) is 5.56. The maximum Gasteiger partial charge on any atom is 0.305 e. The Morgan fingerprint density at radius 1 is 1.61 bits per heavy atom. The van der Waals surface area contributed by atoms with Crippen molar-refractivity contribution in [1.29, 1.82) is 0 Å². The number of halogens is 2. The SMILES string of the molecule is O=C(O)CC(c1cc(Br)c(Cl)s1)N1CCOCC1. The van der Waals surface area contributed by atoms with Crippen LogP contribution in [0.4, 0.5) is 0 Å². The van der Waals surface area contributed by atoms with Crippen molar-refractivity contribution in [2.24, 2.45) is 0 Å². The van der Waals surface area contributed by atoms with E-state index in [1.807, 2.05) is 6.07 Å². The maximum atomic E-state index is 11.0. The predicted octanol–water partition coefficient (Wildman–Crippen LogP) is 3.01. The van der Waals surface area contributed by atoms with Crippen molar-refractivity contribution in [3.8, 4) is 0 Å². The Balaban J connectivity index is 2.20. The zero-order chi connectivity index (χ0) is 13.1. The second-order valence-corrected chi connectivity index (χ2v) is 6.57. The lowest BCUT2D eigenvalue weighted by Gasteiger charge is -2.33. The minimum Gasteiger partial charge on any atom is -0.481 e. The molecule has 0 spiro atoms. The van der Waals surface area contributed by atoms with E-state index in [1.54, 1.807) is 0 Å². The topological polar surface area (TPSA) is 49.8 Å². The first-order chi connectivity index (χ1) is 8.58. The van der Waals surface area contributed by atoms with Gasteiger partial charge in [-0.25, -0.2) is 0 Å². The fourth-order valence-corrected chi connectivity index (χ4v) is 3.86. The summed E-state index contributed by atoms with van der Waals surface area (Å²) in [6, 6.07) is 1.79. The molecular formula is C11H13BrClNO3S. The Morgan fingerprint density at radius 3 is 2.78 bits per heavy atom. The van der Waals surface area contributed by atoms with Crippen molar-refractivity contribution in [1.82, 2.24) is 4.90 Å². The number of hydrogen-bond acceptors (Lipinski definition) is 4. The van der Waals surface area contributed by atoms with E-state index >= 15 is 0 Å². The predicted molar refractivity (Wildman–Crippen MR) is 74.4 cm³/mol. The molecule has 1 aromatic heterocycles. The standard InChI is InChI=1S/C11H13BrClNO3S/c12-7-5-9(18-11(7)13)8(6-10(15)16)14-1-3-17-4-2-14/h5,8H,1-4,6H2,(H,15,16). The molecule has 0 bridgehead atoms. The number of ether oxygens (including phenoxy) is 1. The summed E-state index contributed by atoms with van der Waals surface area (Å²) < 4.78 is 6.79. The van der Waals surface area contributed by atoms with E-state index in [0.717, 1.165) is 22.4 Å². The lowest BCUT2D eigenvalue weighted by atomic mass is 10.1. The molecule has 0 amide bonds. The number of carboxylic acid groups (broad SMARTS) is 1. The zero-order valence-corrected chi connectivity index (χ0v) is 12.7. The smallest absolute Gasteiger partial charge is 0.305 e. The van der Waals surface area contributed by atoms with Gasteiger partial charge in [0.1, 0.15) is 4.34 Å². The Labute approximate surface area is 123 Å². The third kappa shape index (κ3) is 3.45. The number of morpholine rings is 1. The van der Waals surface area contributed by atoms with Crippen LogP contribution in [-0.4, -0.2) is 42.3 Å². The summed E-state index contributed by atoms with van der Waals surface area (Å²) in [7, 11) is 0. The Bertz CT molecular complexity index is 414. The van der Waals surface area contributed by atoms with Crippen molar-refractivity contribution < 1.29 is 14.6 Å². The van der Waals surface area contributed by atoms with Gasteiger partial charge in [0, 0.05) is 22.4 Å². The van der Waals surface area contributed by atoms with Crippen LogP contribution in [-0.2, 0) is 9.53 Å². The van der Waals surface area contributed by atoms with Gasteiger partial charge in [0.05, 0.1) is 25.7 Å². The van der Waals surface area contributed by atoms with Crippen LogP contribution in [0.25, 0.3) is 0 Å². The number of rotatable bonds is 4. The van der Waals surface area contributed by atoms with Gasteiger partial charge in [0.15, 0.2) is 0 Å². The van der Waals surface area contributed by atoms with E-state index < -0.39 is 5.97 Å². The number of nitrogens with zero attached hydrogens (tertiary/aromatic N) is 1. The minimum atomic E-state index is -0.799. The molecule has 1 aromatic rings. The summed E-state index contributed by atoms with van der Waals surface area (Å²) in [4.78, 5) is 14.1. The average molecular weight is 355 g/mol. The molecule has 2 rings (SSSR count). The first-order valence-corrected chi connectivity index (χ1v) is 7.55. The third-order valence-electron chi connectivity index (χ3n) is 2.85. The van der Waals surface area contributed by atoms with Crippen LogP contribution >= 0.6 is 38.9 Å². The van der Waals surface area contributed by atoms with Crippen LogP contribution in [0.15, 0.2) is 10.5 Å². The van der Waals surface area contributed by atoms with Crippen LogP contribution in [0, 0.1) is 0 Å². The third-order valence-corrected chi connectivity index (χ3v) is 5.42. The van der Waals surface area contributed by atoms with E-state index in [0.29, 0.717) is 17.6 Å². The van der Waals surface area contributed by atoms with Crippen molar-refractivity contribution in [2.75, 3.05) is 26.3 Å². The van der Waals surface area contributed by atoms with Crippen molar-refractivity contribution in [3.63, 3.8) is 0 Å². The van der Waals surface area contributed by atoms with Gasteiger partial charge in [-0.05, 0) is 22.0 Å². The highest BCUT2D eigenvalue weighted by atomic mass is 79.9. The van der Waals surface area contributed by atoms with Crippen LogP contribution in [0.2, 0.25) is 4.34 Å². The summed E-state index contributed by atoms with van der Waals surface area (Å²) in [5, 5.41) is 9.05. The lowest BCUT2D eigenvalue weighted by molar-refractivity contribution is -0.139. The van der Waals surface area contributed by atoms with Gasteiger partial charge in [0.2, 0.25) is 0 Å². The molecule has 1 aliphatic heterocycles. The quantitative estimate of drug-likeness (QED) is 0.903. The fourth-order valence-electron chi connectivity index (χ4n) is 1.99. The monoisotopic (exact) mass is 353 g/mol. The average Bonchev–Trinajstić information content (AvgIpc) is 2.67. The summed E-state index contributed by atoms with van der Waals surface area (Å²) >= 11 is 10.8. The Kier molecular flexibility index (Phi) is 5.03. The zero-order valence-electron chi connectivity index (χ0n) is 9.57. The number of hydrogen-bond donors (Lipinski definition) is 1. The normalized spacial score (nSPS) is 18.8. The van der Waals surface area contributed by atoms with Gasteiger partial charge in [-0.3, -0.25) is 9.69 Å². The maximum absolute atomic E-state index is 11.0. The van der Waals surface area contributed by atoms with Crippen molar-refractivity contribution >= 4 is 44.8 Å². The largest absolute Gasteiger partial charge is 0.481 e. The van der Waals surface area contributed by atoms with E-state index in [1.165, 1.54) is 11.3 Å².